The summed E-state index contributed by atoms with van der Waals surface area (Å²) >= 11 is 0. The van der Waals surface area contributed by atoms with Crippen LogP contribution in [0.4, 0.5) is 0 Å². The standard InChI is InChI=1S/C13H19N3/c1-13(2,3)11(14)12-15-9-7-5-6-8-10(9)16(12)4/h5-8,11H,14H2,1-4H3. The third kappa shape index (κ3) is 1.71. The topological polar surface area (TPSA) is 43.8 Å². The van der Waals surface area contributed by atoms with Gasteiger partial charge in [-0.25, -0.2) is 4.98 Å². The monoisotopic (exact) mass is 217 g/mol. The van der Waals surface area contributed by atoms with E-state index in [1.807, 2.05) is 25.2 Å². The zero-order valence-electron chi connectivity index (χ0n) is 10.4. The molecule has 1 aromatic carbocycles. The summed E-state index contributed by atoms with van der Waals surface area (Å²) in [5.74, 6) is 0.953. The second-order valence-electron chi connectivity index (χ2n) is 5.36. The van der Waals surface area contributed by atoms with Gasteiger partial charge in [-0.2, -0.15) is 0 Å². The molecule has 16 heavy (non-hydrogen) atoms. The zero-order chi connectivity index (χ0) is 11.9. The number of aromatic nitrogens is 2. The molecule has 0 bridgehead atoms. The Kier molecular flexibility index (Phi) is 2.50. The first-order valence-corrected chi connectivity index (χ1v) is 5.58. The highest BCUT2D eigenvalue weighted by Crippen LogP contribution is 2.31. The summed E-state index contributed by atoms with van der Waals surface area (Å²) in [6.07, 6.45) is 0. The van der Waals surface area contributed by atoms with E-state index in [0.29, 0.717) is 0 Å². The molecular formula is C13H19N3. The van der Waals surface area contributed by atoms with Crippen LogP contribution in [-0.2, 0) is 7.05 Å². The van der Waals surface area contributed by atoms with Gasteiger partial charge >= 0.3 is 0 Å². The predicted molar refractivity (Wildman–Crippen MR) is 67.1 cm³/mol. The number of para-hydroxylation sites is 2. The highest BCUT2D eigenvalue weighted by Gasteiger charge is 2.26. The summed E-state index contributed by atoms with van der Waals surface area (Å²) in [6.45, 7) is 6.41. The van der Waals surface area contributed by atoms with Gasteiger partial charge in [0.15, 0.2) is 0 Å². The summed E-state index contributed by atoms with van der Waals surface area (Å²) < 4.78 is 2.09. The van der Waals surface area contributed by atoms with Crippen molar-refractivity contribution in [1.29, 1.82) is 0 Å². The molecule has 0 aliphatic carbocycles. The quantitative estimate of drug-likeness (QED) is 0.798. The van der Waals surface area contributed by atoms with E-state index in [0.717, 1.165) is 16.9 Å². The average molecular weight is 217 g/mol. The Morgan fingerprint density at radius 2 is 1.88 bits per heavy atom. The van der Waals surface area contributed by atoms with Gasteiger partial charge in [0.25, 0.3) is 0 Å². The van der Waals surface area contributed by atoms with Gasteiger partial charge in [-0.15, -0.1) is 0 Å². The molecule has 0 amide bonds. The van der Waals surface area contributed by atoms with Gasteiger partial charge in [0.05, 0.1) is 17.1 Å². The molecule has 3 heteroatoms. The number of fused-ring (bicyclic) bond motifs is 1. The van der Waals surface area contributed by atoms with Crippen molar-refractivity contribution in [2.24, 2.45) is 18.2 Å². The maximum atomic E-state index is 6.25. The molecule has 2 N–H and O–H groups in total. The number of benzene rings is 1. The van der Waals surface area contributed by atoms with Crippen molar-refractivity contribution in [3.8, 4) is 0 Å². The van der Waals surface area contributed by atoms with Crippen molar-refractivity contribution in [2.75, 3.05) is 0 Å². The van der Waals surface area contributed by atoms with Gasteiger partial charge in [-0.05, 0) is 17.5 Å². The maximum absolute atomic E-state index is 6.25. The molecule has 0 fully saturated rings. The van der Waals surface area contributed by atoms with Crippen molar-refractivity contribution in [1.82, 2.24) is 9.55 Å². The first-order valence-electron chi connectivity index (χ1n) is 5.58. The molecule has 2 rings (SSSR count). The van der Waals surface area contributed by atoms with E-state index in [1.54, 1.807) is 0 Å². The fourth-order valence-electron chi connectivity index (χ4n) is 1.83. The van der Waals surface area contributed by atoms with E-state index < -0.39 is 0 Å². The number of hydrogen-bond acceptors (Lipinski definition) is 2. The Hall–Kier alpha value is -1.35. The molecule has 0 radical (unpaired) electrons. The van der Waals surface area contributed by atoms with Crippen LogP contribution in [0.2, 0.25) is 0 Å². The van der Waals surface area contributed by atoms with E-state index in [-0.39, 0.29) is 11.5 Å². The molecule has 1 atom stereocenters. The molecule has 0 spiro atoms. The third-order valence-corrected chi connectivity index (χ3v) is 3.03. The highest BCUT2D eigenvalue weighted by molar-refractivity contribution is 5.75. The molecule has 1 aromatic heterocycles. The van der Waals surface area contributed by atoms with E-state index in [1.165, 1.54) is 0 Å². The molecule has 0 saturated carbocycles. The summed E-state index contributed by atoms with van der Waals surface area (Å²) in [5, 5.41) is 0. The van der Waals surface area contributed by atoms with Gasteiger partial charge in [-0.3, -0.25) is 0 Å². The number of nitrogens with zero attached hydrogens (tertiary/aromatic N) is 2. The maximum Gasteiger partial charge on any atom is 0.127 e. The normalized spacial score (nSPS) is 14.3. The first-order chi connectivity index (χ1) is 7.41. The van der Waals surface area contributed by atoms with Crippen molar-refractivity contribution in [2.45, 2.75) is 26.8 Å². The summed E-state index contributed by atoms with van der Waals surface area (Å²) in [6, 6.07) is 8.07. The number of imidazole rings is 1. The average Bonchev–Trinajstić information content (AvgIpc) is 2.54. The van der Waals surface area contributed by atoms with Crippen LogP contribution < -0.4 is 5.73 Å². The molecule has 1 unspecified atom stereocenters. The minimum absolute atomic E-state index is 0.0230. The van der Waals surface area contributed by atoms with Crippen LogP contribution in [0, 0.1) is 5.41 Å². The lowest BCUT2D eigenvalue weighted by molar-refractivity contribution is 0.311. The smallest absolute Gasteiger partial charge is 0.127 e. The second kappa shape index (κ2) is 3.59. The molecule has 1 heterocycles. The van der Waals surface area contributed by atoms with Crippen LogP contribution in [0.5, 0.6) is 0 Å². The molecule has 0 saturated heterocycles. The van der Waals surface area contributed by atoms with E-state index in [2.05, 4.69) is 36.4 Å². The van der Waals surface area contributed by atoms with Gasteiger partial charge in [0.2, 0.25) is 0 Å². The van der Waals surface area contributed by atoms with Crippen LogP contribution in [0.15, 0.2) is 24.3 Å². The van der Waals surface area contributed by atoms with Gasteiger partial charge in [-0.1, -0.05) is 32.9 Å². The molecule has 0 aliphatic rings. The van der Waals surface area contributed by atoms with Crippen molar-refractivity contribution in [3.05, 3.63) is 30.1 Å². The molecule has 0 aliphatic heterocycles. The van der Waals surface area contributed by atoms with Crippen LogP contribution in [-0.4, -0.2) is 9.55 Å². The molecular weight excluding hydrogens is 198 g/mol. The third-order valence-electron chi connectivity index (χ3n) is 3.03. The van der Waals surface area contributed by atoms with Crippen molar-refractivity contribution in [3.63, 3.8) is 0 Å². The Morgan fingerprint density at radius 3 is 2.44 bits per heavy atom. The highest BCUT2D eigenvalue weighted by atomic mass is 15.1. The minimum Gasteiger partial charge on any atom is -0.330 e. The first kappa shape index (κ1) is 11.1. The Morgan fingerprint density at radius 1 is 1.25 bits per heavy atom. The molecule has 3 nitrogen and oxygen atoms in total. The molecule has 86 valence electrons. The second-order valence-corrected chi connectivity index (χ2v) is 5.36. The summed E-state index contributed by atoms with van der Waals surface area (Å²) in [4.78, 5) is 4.62. The fourth-order valence-corrected chi connectivity index (χ4v) is 1.83. The SMILES string of the molecule is Cn1c(C(N)C(C)(C)C)nc2ccccc21. The van der Waals surface area contributed by atoms with Crippen LogP contribution >= 0.6 is 0 Å². The molecule has 2 aromatic rings. The van der Waals surface area contributed by atoms with Crippen LogP contribution in [0.1, 0.15) is 32.6 Å². The number of aryl methyl sites for hydroxylation is 1. The predicted octanol–water partition coefficient (Wildman–Crippen LogP) is 2.62. The van der Waals surface area contributed by atoms with Crippen LogP contribution in [0.25, 0.3) is 11.0 Å². The van der Waals surface area contributed by atoms with Crippen LogP contribution in [0.3, 0.4) is 0 Å². The number of hydrogen-bond donors (Lipinski definition) is 1. The minimum atomic E-state index is -0.0510. The fraction of sp³-hybridized carbons (Fsp3) is 0.462. The summed E-state index contributed by atoms with van der Waals surface area (Å²) in [7, 11) is 2.02. The zero-order valence-corrected chi connectivity index (χ0v) is 10.4. The van der Waals surface area contributed by atoms with E-state index in [9.17, 15) is 0 Å². The Bertz CT molecular complexity index is 505. The van der Waals surface area contributed by atoms with Gasteiger partial charge in [0, 0.05) is 7.05 Å². The van der Waals surface area contributed by atoms with Gasteiger partial charge in [0.1, 0.15) is 5.82 Å². The van der Waals surface area contributed by atoms with Crippen molar-refractivity contribution < 1.29 is 0 Å². The summed E-state index contributed by atoms with van der Waals surface area (Å²) in [5.41, 5.74) is 8.43. The van der Waals surface area contributed by atoms with E-state index >= 15 is 0 Å². The number of nitrogens with two attached hydrogens (primary N) is 1. The lowest BCUT2D eigenvalue weighted by Crippen LogP contribution is -2.28. The number of rotatable bonds is 1. The van der Waals surface area contributed by atoms with Gasteiger partial charge < -0.3 is 10.3 Å². The lowest BCUT2D eigenvalue weighted by atomic mass is 9.87. The van der Waals surface area contributed by atoms with E-state index in [4.69, 9.17) is 5.73 Å². The Labute approximate surface area is 96.3 Å². The van der Waals surface area contributed by atoms with Crippen molar-refractivity contribution >= 4 is 11.0 Å². The lowest BCUT2D eigenvalue weighted by Gasteiger charge is -2.26. The Balaban J connectivity index is 2.58. The largest absolute Gasteiger partial charge is 0.330 e.